The van der Waals surface area contributed by atoms with Crippen molar-refractivity contribution in [2.75, 3.05) is 0 Å². The van der Waals surface area contributed by atoms with Crippen molar-refractivity contribution < 1.29 is 4.92 Å². The molecule has 27 heavy (non-hydrogen) atoms. The number of hydrogen-bond acceptors (Lipinski definition) is 5. The minimum Gasteiger partial charge on any atom is -0.280 e. The number of nitrogens with zero attached hydrogens (tertiary/aromatic N) is 5. The summed E-state index contributed by atoms with van der Waals surface area (Å²) >= 11 is 0. The van der Waals surface area contributed by atoms with Crippen LogP contribution in [0.5, 0.6) is 0 Å². The Labute approximate surface area is 151 Å². The van der Waals surface area contributed by atoms with E-state index in [2.05, 4.69) is 5.10 Å². The van der Waals surface area contributed by atoms with Gasteiger partial charge in [0, 0.05) is 30.2 Å². The Morgan fingerprint density at radius 3 is 2.52 bits per heavy atom. The average Bonchev–Trinajstić information content (AvgIpc) is 3.00. The number of benzene rings is 2. The van der Waals surface area contributed by atoms with E-state index in [9.17, 15) is 19.7 Å². The summed E-state index contributed by atoms with van der Waals surface area (Å²) in [5.41, 5.74) is 0.184. The molecule has 0 aliphatic carbocycles. The molecule has 134 valence electrons. The summed E-state index contributed by atoms with van der Waals surface area (Å²) in [6.45, 7) is 0.0208. The lowest BCUT2D eigenvalue weighted by molar-refractivity contribution is -0.384. The van der Waals surface area contributed by atoms with Gasteiger partial charge in [-0.3, -0.25) is 19.5 Å². The van der Waals surface area contributed by atoms with Crippen LogP contribution in [-0.2, 0) is 6.54 Å². The fourth-order valence-corrected chi connectivity index (χ4v) is 2.85. The predicted molar refractivity (Wildman–Crippen MR) is 97.2 cm³/mol. The van der Waals surface area contributed by atoms with Crippen LogP contribution in [0.4, 0.5) is 5.69 Å². The van der Waals surface area contributed by atoms with Crippen LogP contribution in [0.2, 0.25) is 0 Å². The van der Waals surface area contributed by atoms with Crippen molar-refractivity contribution in [2.45, 2.75) is 6.54 Å². The summed E-state index contributed by atoms with van der Waals surface area (Å²) in [5, 5.41) is 15.0. The molecule has 4 rings (SSSR count). The Morgan fingerprint density at radius 1 is 1.00 bits per heavy atom. The second-order valence-corrected chi connectivity index (χ2v) is 5.87. The second-order valence-electron chi connectivity index (χ2n) is 5.87. The van der Waals surface area contributed by atoms with Gasteiger partial charge in [0.1, 0.15) is 0 Å². The van der Waals surface area contributed by atoms with E-state index >= 15 is 0 Å². The summed E-state index contributed by atoms with van der Waals surface area (Å²) in [4.78, 5) is 35.7. The summed E-state index contributed by atoms with van der Waals surface area (Å²) in [7, 11) is 0. The van der Waals surface area contributed by atoms with Crippen LogP contribution in [0.3, 0.4) is 0 Å². The van der Waals surface area contributed by atoms with Gasteiger partial charge in [-0.15, -0.1) is 5.10 Å². The van der Waals surface area contributed by atoms with Crippen LogP contribution in [0, 0.1) is 10.1 Å². The van der Waals surface area contributed by atoms with E-state index < -0.39 is 16.2 Å². The van der Waals surface area contributed by atoms with Crippen LogP contribution in [0.25, 0.3) is 11.3 Å². The van der Waals surface area contributed by atoms with Crippen molar-refractivity contribution in [1.29, 1.82) is 0 Å². The summed E-state index contributed by atoms with van der Waals surface area (Å²) in [6, 6.07) is 14.9. The lowest BCUT2D eigenvalue weighted by Gasteiger charge is -2.04. The number of nitro benzene ring substituents is 1. The van der Waals surface area contributed by atoms with Crippen LogP contribution >= 0.6 is 0 Å². The van der Waals surface area contributed by atoms with Gasteiger partial charge >= 0.3 is 11.2 Å². The van der Waals surface area contributed by atoms with Crippen molar-refractivity contribution in [2.24, 2.45) is 0 Å². The Morgan fingerprint density at radius 2 is 1.78 bits per heavy atom. The fourth-order valence-electron chi connectivity index (χ4n) is 2.85. The Bertz CT molecular complexity index is 1270. The highest BCUT2D eigenvalue weighted by molar-refractivity contribution is 5.40. The average molecular weight is 363 g/mol. The van der Waals surface area contributed by atoms with Crippen molar-refractivity contribution in [3.8, 4) is 5.69 Å². The molecule has 0 aliphatic rings. The molecule has 9 heteroatoms. The molecular formula is C18H13N5O4. The van der Waals surface area contributed by atoms with Crippen molar-refractivity contribution in [3.63, 3.8) is 0 Å². The van der Waals surface area contributed by atoms with Gasteiger partial charge < -0.3 is 0 Å². The molecule has 0 spiro atoms. The summed E-state index contributed by atoms with van der Waals surface area (Å²) < 4.78 is 3.68. The number of rotatable bonds is 4. The highest BCUT2D eigenvalue weighted by Crippen LogP contribution is 2.13. The van der Waals surface area contributed by atoms with E-state index in [1.54, 1.807) is 30.3 Å². The maximum atomic E-state index is 12.7. The van der Waals surface area contributed by atoms with Crippen molar-refractivity contribution in [1.82, 2.24) is 18.7 Å². The van der Waals surface area contributed by atoms with Crippen molar-refractivity contribution >= 4 is 11.3 Å². The van der Waals surface area contributed by atoms with Gasteiger partial charge in [0.05, 0.1) is 11.5 Å². The van der Waals surface area contributed by atoms with Crippen LogP contribution in [0.15, 0.2) is 76.6 Å². The zero-order valence-corrected chi connectivity index (χ0v) is 13.9. The lowest BCUT2D eigenvalue weighted by Crippen LogP contribution is -2.24. The van der Waals surface area contributed by atoms with E-state index in [0.717, 1.165) is 4.68 Å². The number of nitro groups is 1. The minimum atomic E-state index is -0.505. The maximum absolute atomic E-state index is 12.7. The molecular weight excluding hydrogens is 350 g/mol. The summed E-state index contributed by atoms with van der Waals surface area (Å²) in [5.74, 6) is 0. The third-order valence-corrected chi connectivity index (χ3v) is 4.13. The zero-order chi connectivity index (χ0) is 19.0. The molecule has 2 heterocycles. The van der Waals surface area contributed by atoms with E-state index in [1.807, 2.05) is 6.07 Å². The maximum Gasteiger partial charge on any atom is 0.350 e. The number of hydrogen-bond donors (Lipinski definition) is 0. The third-order valence-electron chi connectivity index (χ3n) is 4.13. The standard InChI is InChI=1S/C18H13N5O4/c24-17-16-19-22(12-13-5-4-8-15(11-13)23(26)27)18(25)21(16)10-9-20(17)14-6-2-1-3-7-14/h1-11H,12H2. The number of fused-ring (bicyclic) bond motifs is 1. The summed E-state index contributed by atoms with van der Waals surface area (Å²) in [6.07, 6.45) is 2.98. The Hall–Kier alpha value is -4.01. The van der Waals surface area contributed by atoms with Gasteiger partial charge in [0.15, 0.2) is 0 Å². The number of non-ortho nitro benzene ring substituents is 1. The minimum absolute atomic E-state index is 0.0169. The molecule has 0 bridgehead atoms. The van der Waals surface area contributed by atoms with Gasteiger partial charge in [-0.25, -0.2) is 13.9 Å². The highest BCUT2D eigenvalue weighted by Gasteiger charge is 2.14. The van der Waals surface area contributed by atoms with E-state index in [4.69, 9.17) is 0 Å². The molecule has 0 aliphatic heterocycles. The molecule has 4 aromatic rings. The third kappa shape index (κ3) is 2.91. The van der Waals surface area contributed by atoms with Crippen molar-refractivity contribution in [3.05, 3.63) is 104 Å². The normalized spacial score (nSPS) is 11.0. The van der Waals surface area contributed by atoms with E-state index in [0.29, 0.717) is 11.3 Å². The topological polar surface area (TPSA) is 104 Å². The SMILES string of the molecule is O=c1c2nn(Cc3cccc([N+](=O)[O-])c3)c(=O)n2ccn1-c1ccccc1. The van der Waals surface area contributed by atoms with Crippen LogP contribution in [0.1, 0.15) is 5.56 Å². The van der Waals surface area contributed by atoms with Crippen LogP contribution in [-0.4, -0.2) is 23.7 Å². The lowest BCUT2D eigenvalue weighted by atomic mass is 10.2. The molecule has 0 amide bonds. The van der Waals surface area contributed by atoms with Gasteiger partial charge in [-0.1, -0.05) is 30.3 Å². The van der Waals surface area contributed by atoms with Gasteiger partial charge in [-0.05, 0) is 17.7 Å². The molecule has 0 N–H and O–H groups in total. The van der Waals surface area contributed by atoms with Gasteiger partial charge in [0.25, 0.3) is 5.69 Å². The van der Waals surface area contributed by atoms with Gasteiger partial charge in [-0.2, -0.15) is 0 Å². The molecule has 2 aromatic carbocycles. The first-order chi connectivity index (χ1) is 13.0. The van der Waals surface area contributed by atoms with Crippen LogP contribution < -0.4 is 11.2 Å². The van der Waals surface area contributed by atoms with E-state index in [-0.39, 0.29) is 17.9 Å². The molecule has 2 aromatic heterocycles. The monoisotopic (exact) mass is 363 g/mol. The fraction of sp³-hybridized carbons (Fsp3) is 0.0556. The molecule has 0 saturated heterocycles. The first kappa shape index (κ1) is 16.5. The number of para-hydroxylation sites is 1. The molecule has 0 atom stereocenters. The molecule has 0 radical (unpaired) electrons. The van der Waals surface area contributed by atoms with Gasteiger partial charge in [0.2, 0.25) is 5.65 Å². The molecule has 9 nitrogen and oxygen atoms in total. The second kappa shape index (κ2) is 6.37. The quantitative estimate of drug-likeness (QED) is 0.405. The molecule has 0 fully saturated rings. The zero-order valence-electron chi connectivity index (χ0n) is 13.9. The highest BCUT2D eigenvalue weighted by atomic mass is 16.6. The predicted octanol–water partition coefficient (Wildman–Crippen LogP) is 1.60. The molecule has 0 saturated carbocycles. The number of aromatic nitrogens is 4. The Balaban J connectivity index is 1.80. The largest absolute Gasteiger partial charge is 0.350 e. The first-order valence-corrected chi connectivity index (χ1v) is 8.04. The molecule has 0 unspecified atom stereocenters. The van der Waals surface area contributed by atoms with E-state index in [1.165, 1.54) is 39.6 Å². The Kier molecular flexibility index (Phi) is 3.88. The first-order valence-electron chi connectivity index (χ1n) is 8.04. The smallest absolute Gasteiger partial charge is 0.280 e.